The molecule has 0 saturated heterocycles. The molecule has 0 bridgehead atoms. The van der Waals surface area contributed by atoms with E-state index in [4.69, 9.17) is 0 Å². The fourth-order valence-electron chi connectivity index (χ4n) is 3.33. The molecule has 3 heteroatoms. The van der Waals surface area contributed by atoms with Gasteiger partial charge in [-0.1, -0.05) is 91.0 Å². The number of carbonyl (C=O) groups is 1. The fourth-order valence-corrected chi connectivity index (χ4v) is 3.33. The second kappa shape index (κ2) is 8.76. The van der Waals surface area contributed by atoms with E-state index in [9.17, 15) is 9.90 Å². The Morgan fingerprint density at radius 3 is 2.00 bits per heavy atom. The highest BCUT2D eigenvalue weighted by Gasteiger charge is 2.34. The van der Waals surface area contributed by atoms with Crippen LogP contribution < -0.4 is 5.32 Å². The SMILES string of the molecule is CC(O)(c1ccccc1)C(NCCC(=O)c1ccccc1)c1ccccc1. The molecule has 3 aromatic carbocycles. The first-order valence-electron chi connectivity index (χ1n) is 9.23. The Kier molecular flexibility index (Phi) is 6.17. The van der Waals surface area contributed by atoms with Gasteiger partial charge in [0.1, 0.15) is 5.60 Å². The molecule has 0 aliphatic heterocycles. The molecule has 0 amide bonds. The number of carbonyl (C=O) groups excluding carboxylic acids is 1. The Bertz CT molecular complexity index is 845. The lowest BCUT2D eigenvalue weighted by Crippen LogP contribution is -2.40. The average molecular weight is 359 g/mol. The average Bonchev–Trinajstić information content (AvgIpc) is 2.73. The van der Waals surface area contributed by atoms with Crippen LogP contribution >= 0.6 is 0 Å². The van der Waals surface area contributed by atoms with Crippen LogP contribution in [0.4, 0.5) is 0 Å². The van der Waals surface area contributed by atoms with E-state index in [1.165, 1.54) is 0 Å². The third kappa shape index (κ3) is 4.70. The number of benzene rings is 3. The maximum absolute atomic E-state index is 12.4. The van der Waals surface area contributed by atoms with Crippen LogP contribution in [-0.4, -0.2) is 17.4 Å². The predicted molar refractivity (Wildman–Crippen MR) is 109 cm³/mol. The summed E-state index contributed by atoms with van der Waals surface area (Å²) in [5.74, 6) is 0.0919. The molecule has 3 aromatic rings. The van der Waals surface area contributed by atoms with Gasteiger partial charge >= 0.3 is 0 Å². The largest absolute Gasteiger partial charge is 0.383 e. The second-order valence-electron chi connectivity index (χ2n) is 6.85. The van der Waals surface area contributed by atoms with Crippen molar-refractivity contribution in [1.82, 2.24) is 5.32 Å². The predicted octanol–water partition coefficient (Wildman–Crippen LogP) is 4.50. The molecule has 3 rings (SSSR count). The zero-order chi connectivity index (χ0) is 19.1. The van der Waals surface area contributed by atoms with Crippen molar-refractivity contribution >= 4 is 5.78 Å². The van der Waals surface area contributed by atoms with Gasteiger partial charge in [-0.15, -0.1) is 0 Å². The maximum Gasteiger partial charge on any atom is 0.164 e. The maximum atomic E-state index is 12.4. The smallest absolute Gasteiger partial charge is 0.164 e. The van der Waals surface area contributed by atoms with Crippen molar-refractivity contribution in [3.63, 3.8) is 0 Å². The number of hydrogen-bond acceptors (Lipinski definition) is 3. The van der Waals surface area contributed by atoms with E-state index >= 15 is 0 Å². The van der Waals surface area contributed by atoms with E-state index in [1.807, 2.05) is 97.9 Å². The topological polar surface area (TPSA) is 49.3 Å². The van der Waals surface area contributed by atoms with E-state index in [0.717, 1.165) is 11.1 Å². The Hall–Kier alpha value is -2.75. The summed E-state index contributed by atoms with van der Waals surface area (Å²) in [6.45, 7) is 2.29. The Morgan fingerprint density at radius 1 is 0.889 bits per heavy atom. The summed E-state index contributed by atoms with van der Waals surface area (Å²) < 4.78 is 0. The normalized spacial score (nSPS) is 14.3. The van der Waals surface area contributed by atoms with Gasteiger partial charge in [0.15, 0.2) is 5.78 Å². The monoisotopic (exact) mass is 359 g/mol. The molecular weight excluding hydrogens is 334 g/mol. The van der Waals surface area contributed by atoms with Gasteiger partial charge in [0.2, 0.25) is 0 Å². The van der Waals surface area contributed by atoms with Gasteiger partial charge in [-0.3, -0.25) is 4.79 Å². The second-order valence-corrected chi connectivity index (χ2v) is 6.85. The van der Waals surface area contributed by atoms with Crippen LogP contribution in [0.15, 0.2) is 91.0 Å². The molecule has 3 nitrogen and oxygen atoms in total. The van der Waals surface area contributed by atoms with Gasteiger partial charge in [0, 0.05) is 18.5 Å². The fraction of sp³-hybridized carbons (Fsp3) is 0.208. The summed E-state index contributed by atoms with van der Waals surface area (Å²) >= 11 is 0. The number of Topliss-reactive ketones (excluding diaryl/α,β-unsaturated/α-hetero) is 1. The molecule has 0 aliphatic rings. The van der Waals surface area contributed by atoms with Crippen molar-refractivity contribution in [2.24, 2.45) is 0 Å². The van der Waals surface area contributed by atoms with Crippen molar-refractivity contribution in [1.29, 1.82) is 0 Å². The van der Waals surface area contributed by atoms with Crippen LogP contribution in [0.5, 0.6) is 0 Å². The molecule has 0 heterocycles. The number of nitrogens with one attached hydrogen (secondary N) is 1. The number of rotatable bonds is 8. The highest BCUT2D eigenvalue weighted by Crippen LogP contribution is 2.34. The molecule has 27 heavy (non-hydrogen) atoms. The van der Waals surface area contributed by atoms with E-state index in [-0.39, 0.29) is 11.8 Å². The molecule has 0 saturated carbocycles. The zero-order valence-electron chi connectivity index (χ0n) is 15.5. The Labute approximate surface area is 160 Å². The third-order valence-corrected chi connectivity index (χ3v) is 4.85. The summed E-state index contributed by atoms with van der Waals surface area (Å²) in [5, 5.41) is 14.7. The summed E-state index contributed by atoms with van der Waals surface area (Å²) in [5.41, 5.74) is 1.42. The minimum atomic E-state index is -1.11. The highest BCUT2D eigenvalue weighted by molar-refractivity contribution is 5.96. The van der Waals surface area contributed by atoms with Crippen LogP contribution in [0.1, 0.15) is 40.9 Å². The third-order valence-electron chi connectivity index (χ3n) is 4.85. The van der Waals surface area contributed by atoms with Gasteiger partial charge in [-0.25, -0.2) is 0 Å². The van der Waals surface area contributed by atoms with Crippen LogP contribution in [0.25, 0.3) is 0 Å². The van der Waals surface area contributed by atoms with Crippen molar-refractivity contribution in [2.75, 3.05) is 6.54 Å². The first kappa shape index (κ1) is 19.0. The summed E-state index contributed by atoms with van der Waals surface area (Å²) in [6.07, 6.45) is 0.373. The minimum Gasteiger partial charge on any atom is -0.383 e. The van der Waals surface area contributed by atoms with Crippen molar-refractivity contribution in [3.8, 4) is 0 Å². The van der Waals surface area contributed by atoms with Crippen LogP contribution in [0, 0.1) is 0 Å². The molecule has 0 radical (unpaired) electrons. The molecule has 0 fully saturated rings. The van der Waals surface area contributed by atoms with Gasteiger partial charge in [-0.05, 0) is 18.1 Å². The van der Waals surface area contributed by atoms with Crippen molar-refractivity contribution < 1.29 is 9.90 Å². The lowest BCUT2D eigenvalue weighted by molar-refractivity contribution is 0.0140. The van der Waals surface area contributed by atoms with E-state index < -0.39 is 5.60 Å². The van der Waals surface area contributed by atoms with Crippen molar-refractivity contribution in [3.05, 3.63) is 108 Å². The molecular formula is C24H25NO2. The summed E-state index contributed by atoms with van der Waals surface area (Å²) in [4.78, 5) is 12.4. The van der Waals surface area contributed by atoms with E-state index in [0.29, 0.717) is 18.5 Å². The van der Waals surface area contributed by atoms with E-state index in [1.54, 1.807) is 0 Å². The van der Waals surface area contributed by atoms with E-state index in [2.05, 4.69) is 5.32 Å². The van der Waals surface area contributed by atoms with Gasteiger partial charge in [0.25, 0.3) is 0 Å². The number of aliphatic hydroxyl groups is 1. The lowest BCUT2D eigenvalue weighted by Gasteiger charge is -2.34. The number of ketones is 1. The standard InChI is InChI=1S/C24H25NO2/c1-24(27,21-15-9-4-10-16-21)23(20-13-7-3-8-14-20)25-18-17-22(26)19-11-5-2-6-12-19/h2-16,23,25,27H,17-18H2,1H3. The van der Waals surface area contributed by atoms with Crippen LogP contribution in [0.2, 0.25) is 0 Å². The molecule has 0 aromatic heterocycles. The van der Waals surface area contributed by atoms with Gasteiger partial charge in [-0.2, -0.15) is 0 Å². The zero-order valence-corrected chi connectivity index (χ0v) is 15.5. The van der Waals surface area contributed by atoms with Crippen molar-refractivity contribution in [2.45, 2.75) is 25.0 Å². The highest BCUT2D eigenvalue weighted by atomic mass is 16.3. The molecule has 138 valence electrons. The van der Waals surface area contributed by atoms with Crippen LogP contribution in [-0.2, 0) is 5.60 Å². The van der Waals surface area contributed by atoms with Gasteiger partial charge in [0.05, 0.1) is 6.04 Å². The molecule has 2 unspecified atom stereocenters. The van der Waals surface area contributed by atoms with Gasteiger partial charge < -0.3 is 10.4 Å². The lowest BCUT2D eigenvalue weighted by atomic mass is 9.84. The number of hydrogen-bond donors (Lipinski definition) is 2. The summed E-state index contributed by atoms with van der Waals surface area (Å²) in [6, 6.07) is 28.5. The Morgan fingerprint density at radius 2 is 1.41 bits per heavy atom. The first-order chi connectivity index (χ1) is 13.1. The first-order valence-corrected chi connectivity index (χ1v) is 9.23. The molecule has 0 aliphatic carbocycles. The quantitative estimate of drug-likeness (QED) is 0.582. The molecule has 0 spiro atoms. The Balaban J connectivity index is 1.76. The summed E-state index contributed by atoms with van der Waals surface area (Å²) in [7, 11) is 0. The molecule has 2 N–H and O–H groups in total. The van der Waals surface area contributed by atoms with Crippen LogP contribution in [0.3, 0.4) is 0 Å². The molecule has 2 atom stereocenters. The minimum absolute atomic E-state index is 0.0919.